The molecule has 2 heterocycles. The van der Waals surface area contributed by atoms with E-state index in [0.717, 1.165) is 16.5 Å². The largest absolute Gasteiger partial charge is 0.507 e. The molecule has 166 valence electrons. The lowest BCUT2D eigenvalue weighted by molar-refractivity contribution is -0.140. The maximum atomic E-state index is 13.2. The number of amides is 1. The van der Waals surface area contributed by atoms with E-state index in [0.29, 0.717) is 24.4 Å². The van der Waals surface area contributed by atoms with Crippen LogP contribution >= 0.6 is 0 Å². The molecule has 3 aromatic rings. The number of aliphatic hydroxyl groups is 1. The average molecular weight is 434 g/mol. The van der Waals surface area contributed by atoms with Gasteiger partial charge in [0.15, 0.2) is 0 Å². The number of nitrogens with zero attached hydrogens (tertiary/aromatic N) is 3. The SMILES string of the molecule is COc1ccccc1/C(O)=C1\C(=O)C(=O)N(CCN(C)C)C1c1cn(C)c2ccccc12. The van der Waals surface area contributed by atoms with Crippen LogP contribution in [0.1, 0.15) is 17.2 Å². The van der Waals surface area contributed by atoms with E-state index in [9.17, 15) is 14.7 Å². The highest BCUT2D eigenvalue weighted by atomic mass is 16.5. The molecule has 1 aliphatic heterocycles. The molecule has 7 nitrogen and oxygen atoms in total. The molecule has 32 heavy (non-hydrogen) atoms. The number of carbonyl (C=O) groups is 2. The van der Waals surface area contributed by atoms with E-state index in [1.807, 2.05) is 61.1 Å². The van der Waals surface area contributed by atoms with Gasteiger partial charge in [0.1, 0.15) is 11.5 Å². The standard InChI is InChI=1S/C25H27N3O4/c1-26(2)13-14-28-22(18-15-27(3)19-11-7-5-9-16(18)19)21(24(30)25(28)31)23(29)17-10-6-8-12-20(17)32-4/h5-12,15,22,29H,13-14H2,1-4H3/b23-21+. The second-order valence-electron chi connectivity index (χ2n) is 8.21. The fourth-order valence-corrected chi connectivity index (χ4v) is 4.32. The number of aliphatic hydroxyl groups excluding tert-OH is 1. The molecule has 2 aromatic carbocycles. The van der Waals surface area contributed by atoms with Gasteiger partial charge in [-0.05, 0) is 32.3 Å². The van der Waals surface area contributed by atoms with E-state index >= 15 is 0 Å². The minimum Gasteiger partial charge on any atom is -0.507 e. The highest BCUT2D eigenvalue weighted by Crippen LogP contribution is 2.43. The predicted molar refractivity (Wildman–Crippen MR) is 123 cm³/mol. The highest BCUT2D eigenvalue weighted by Gasteiger charge is 2.47. The highest BCUT2D eigenvalue weighted by molar-refractivity contribution is 6.46. The van der Waals surface area contributed by atoms with Crippen molar-refractivity contribution in [1.82, 2.24) is 14.4 Å². The maximum absolute atomic E-state index is 13.2. The van der Waals surface area contributed by atoms with Gasteiger partial charge >= 0.3 is 0 Å². The Morgan fingerprint density at radius 2 is 1.78 bits per heavy atom. The van der Waals surface area contributed by atoms with Crippen LogP contribution in [0.15, 0.2) is 60.3 Å². The number of methoxy groups -OCH3 is 1. The summed E-state index contributed by atoms with van der Waals surface area (Å²) >= 11 is 0. The van der Waals surface area contributed by atoms with Gasteiger partial charge in [-0.2, -0.15) is 0 Å². The Morgan fingerprint density at radius 3 is 2.50 bits per heavy atom. The summed E-state index contributed by atoms with van der Waals surface area (Å²) in [6, 6.07) is 14.1. The second kappa shape index (κ2) is 8.51. The lowest BCUT2D eigenvalue weighted by atomic mass is 9.94. The number of rotatable bonds is 6. The molecular formula is C25H27N3O4. The van der Waals surface area contributed by atoms with Crippen molar-refractivity contribution in [1.29, 1.82) is 0 Å². The van der Waals surface area contributed by atoms with Gasteiger partial charge in [0, 0.05) is 42.8 Å². The number of aryl methyl sites for hydroxylation is 1. The Balaban J connectivity index is 1.96. The van der Waals surface area contributed by atoms with E-state index in [1.165, 1.54) is 7.11 Å². The van der Waals surface area contributed by atoms with Gasteiger partial charge in [0.05, 0.1) is 24.3 Å². The summed E-state index contributed by atoms with van der Waals surface area (Å²) < 4.78 is 7.37. The molecule has 0 spiro atoms. The molecule has 7 heteroatoms. The van der Waals surface area contributed by atoms with Crippen LogP contribution < -0.4 is 4.74 Å². The van der Waals surface area contributed by atoms with Crippen LogP contribution in [-0.4, -0.2) is 65.5 Å². The Morgan fingerprint density at radius 1 is 1.09 bits per heavy atom. The van der Waals surface area contributed by atoms with Gasteiger partial charge in [0.2, 0.25) is 0 Å². The number of likely N-dealkylation sites (N-methyl/N-ethyl adjacent to an activating group) is 1. The van der Waals surface area contributed by atoms with Crippen LogP contribution in [0.2, 0.25) is 0 Å². The molecule has 1 atom stereocenters. The number of para-hydroxylation sites is 2. The quantitative estimate of drug-likeness (QED) is 0.367. The van der Waals surface area contributed by atoms with Gasteiger partial charge in [-0.25, -0.2) is 0 Å². The minimum atomic E-state index is -0.703. The average Bonchev–Trinajstić information content (AvgIpc) is 3.25. The number of hydrogen-bond donors (Lipinski definition) is 1. The third kappa shape index (κ3) is 3.54. The number of hydrogen-bond acceptors (Lipinski definition) is 5. The number of ketones is 1. The number of Topliss-reactive ketones (excluding diaryl/α,β-unsaturated/α-hetero) is 1. The summed E-state index contributed by atoms with van der Waals surface area (Å²) in [5.41, 5.74) is 2.25. The van der Waals surface area contributed by atoms with E-state index in [1.54, 1.807) is 29.2 Å². The zero-order valence-corrected chi connectivity index (χ0v) is 18.7. The molecule has 1 saturated heterocycles. The minimum absolute atomic E-state index is 0.0783. The Hall–Kier alpha value is -3.58. The zero-order chi connectivity index (χ0) is 23.0. The van der Waals surface area contributed by atoms with E-state index < -0.39 is 17.7 Å². The fraction of sp³-hybridized carbons (Fsp3) is 0.280. The van der Waals surface area contributed by atoms with Crippen LogP contribution in [0.3, 0.4) is 0 Å². The smallest absolute Gasteiger partial charge is 0.295 e. The first-order valence-corrected chi connectivity index (χ1v) is 10.5. The van der Waals surface area contributed by atoms with Crippen molar-refractivity contribution in [3.8, 4) is 5.75 Å². The van der Waals surface area contributed by atoms with Gasteiger partial charge in [-0.1, -0.05) is 30.3 Å². The van der Waals surface area contributed by atoms with Gasteiger partial charge < -0.3 is 24.2 Å². The van der Waals surface area contributed by atoms with Crippen LogP contribution in [0.4, 0.5) is 0 Å². The van der Waals surface area contributed by atoms with Gasteiger partial charge in [0.25, 0.3) is 11.7 Å². The van der Waals surface area contributed by atoms with Crippen LogP contribution in [0.5, 0.6) is 5.75 Å². The number of benzene rings is 2. The predicted octanol–water partition coefficient (Wildman–Crippen LogP) is 3.17. The molecule has 1 aromatic heterocycles. The summed E-state index contributed by atoms with van der Waals surface area (Å²) in [5.74, 6) is -1.10. The normalized spacial score (nSPS) is 18.2. The number of ether oxygens (including phenoxy) is 1. The van der Waals surface area contributed by atoms with Crippen molar-refractivity contribution < 1.29 is 19.4 Å². The Labute approximate surface area is 187 Å². The van der Waals surface area contributed by atoms with E-state index in [2.05, 4.69) is 0 Å². The lowest BCUT2D eigenvalue weighted by Crippen LogP contribution is -2.35. The Bertz CT molecular complexity index is 1220. The number of aromatic nitrogens is 1. The van der Waals surface area contributed by atoms with Gasteiger partial charge in [-0.3, -0.25) is 9.59 Å². The first kappa shape index (κ1) is 21.6. The van der Waals surface area contributed by atoms with E-state index in [4.69, 9.17) is 4.74 Å². The molecule has 1 fully saturated rings. The molecular weight excluding hydrogens is 406 g/mol. The third-order valence-electron chi connectivity index (χ3n) is 5.91. The van der Waals surface area contributed by atoms with Gasteiger partial charge in [-0.15, -0.1) is 0 Å². The van der Waals surface area contributed by atoms with Crippen LogP contribution in [-0.2, 0) is 16.6 Å². The van der Waals surface area contributed by atoms with Crippen molar-refractivity contribution >= 4 is 28.4 Å². The van der Waals surface area contributed by atoms with Crippen LogP contribution in [0, 0.1) is 0 Å². The fourth-order valence-electron chi connectivity index (χ4n) is 4.32. The molecule has 0 aliphatic carbocycles. The maximum Gasteiger partial charge on any atom is 0.295 e. The summed E-state index contributed by atoms with van der Waals surface area (Å²) in [5, 5.41) is 12.2. The number of likely N-dealkylation sites (tertiary alicyclic amines) is 1. The topological polar surface area (TPSA) is 75.0 Å². The summed E-state index contributed by atoms with van der Waals surface area (Å²) in [7, 11) is 7.26. The molecule has 0 bridgehead atoms. The molecule has 0 saturated carbocycles. The second-order valence-corrected chi connectivity index (χ2v) is 8.21. The molecule has 4 rings (SSSR count). The van der Waals surface area contributed by atoms with Crippen molar-refractivity contribution in [3.63, 3.8) is 0 Å². The van der Waals surface area contributed by atoms with Crippen molar-refractivity contribution in [2.75, 3.05) is 34.3 Å². The third-order valence-corrected chi connectivity index (χ3v) is 5.91. The molecule has 1 amide bonds. The monoisotopic (exact) mass is 433 g/mol. The van der Waals surface area contributed by atoms with E-state index in [-0.39, 0.29) is 11.3 Å². The molecule has 1 unspecified atom stereocenters. The summed E-state index contributed by atoms with van der Waals surface area (Å²) in [6.07, 6.45) is 1.93. The van der Waals surface area contributed by atoms with Crippen molar-refractivity contribution in [2.24, 2.45) is 7.05 Å². The first-order valence-electron chi connectivity index (χ1n) is 10.5. The number of carbonyl (C=O) groups excluding carboxylic acids is 2. The van der Waals surface area contributed by atoms with Crippen molar-refractivity contribution in [3.05, 3.63) is 71.4 Å². The van der Waals surface area contributed by atoms with Crippen molar-refractivity contribution in [2.45, 2.75) is 6.04 Å². The molecule has 1 aliphatic rings. The summed E-state index contributed by atoms with van der Waals surface area (Å²) in [6.45, 7) is 0.942. The Kier molecular flexibility index (Phi) is 5.76. The lowest BCUT2D eigenvalue weighted by Gasteiger charge is -2.26. The summed E-state index contributed by atoms with van der Waals surface area (Å²) in [4.78, 5) is 29.9. The first-order chi connectivity index (χ1) is 15.3. The van der Waals surface area contributed by atoms with Crippen LogP contribution in [0.25, 0.3) is 16.7 Å². The molecule has 0 radical (unpaired) electrons. The zero-order valence-electron chi connectivity index (χ0n) is 18.7. The molecule has 1 N–H and O–H groups in total. The number of fused-ring (bicyclic) bond motifs is 1.